The number of benzene rings is 3. The molecule has 4 unspecified atom stereocenters. The van der Waals surface area contributed by atoms with Crippen molar-refractivity contribution in [3.05, 3.63) is 53.8 Å². The average molecular weight is 660 g/mol. The standard InChI is InChI=1S/C37H40F3N5O3/c1-47-26-13-23-5-6-24(14-26)45(23)18-37(10-11-37)19-48-36-42-34-28(35(43-36)44-16-21-3-4-22(17-44)41-21)8-7-27(32(34)39)29-15-25(46)12-20-2-9-30(38)33(40)31(20)29/h2,7-9,12,15,21-24,26,41,46H,3-6,10-11,13-14,16-19H2,1H3. The lowest BCUT2D eigenvalue weighted by molar-refractivity contribution is -0.00554. The van der Waals surface area contributed by atoms with Crippen LogP contribution in [-0.4, -0.2) is 83.6 Å². The highest BCUT2D eigenvalue weighted by Crippen LogP contribution is 2.50. The molecule has 252 valence electrons. The maximum Gasteiger partial charge on any atom is 0.319 e. The second-order valence-electron chi connectivity index (χ2n) is 14.8. The minimum atomic E-state index is -1.10. The van der Waals surface area contributed by atoms with Crippen molar-refractivity contribution < 1.29 is 27.8 Å². The minimum Gasteiger partial charge on any atom is -0.508 e. The SMILES string of the molecule is COC1CC2CCC(C1)N2CC1(COc2nc(N3CC4CCC(C3)N4)c3ccc(-c4cc(O)cc5ccc(F)c(F)c45)c(F)c3n2)CC1. The van der Waals surface area contributed by atoms with Crippen molar-refractivity contribution in [2.24, 2.45) is 5.41 Å². The maximum absolute atomic E-state index is 16.8. The smallest absolute Gasteiger partial charge is 0.319 e. The molecule has 1 aromatic heterocycles. The molecule has 4 aliphatic heterocycles. The summed E-state index contributed by atoms with van der Waals surface area (Å²) in [7, 11) is 1.81. The fourth-order valence-electron chi connectivity index (χ4n) is 9.01. The number of methoxy groups -OCH3 is 1. The van der Waals surface area contributed by atoms with Crippen LogP contribution in [0.3, 0.4) is 0 Å². The maximum atomic E-state index is 16.8. The van der Waals surface area contributed by atoms with Gasteiger partial charge in [-0.25, -0.2) is 13.2 Å². The normalized spacial score (nSPS) is 27.7. The highest BCUT2D eigenvalue weighted by molar-refractivity contribution is 6.01. The number of fused-ring (bicyclic) bond motifs is 6. The van der Waals surface area contributed by atoms with Crippen LogP contribution in [-0.2, 0) is 4.74 Å². The van der Waals surface area contributed by atoms with Gasteiger partial charge in [-0.05, 0) is 86.6 Å². The molecule has 3 aromatic carbocycles. The van der Waals surface area contributed by atoms with Crippen molar-refractivity contribution in [1.82, 2.24) is 20.2 Å². The van der Waals surface area contributed by atoms with Gasteiger partial charge in [0.2, 0.25) is 0 Å². The highest BCUT2D eigenvalue weighted by Gasteiger charge is 2.50. The Kier molecular flexibility index (Phi) is 7.25. The minimum absolute atomic E-state index is 0.00978. The molecule has 5 fully saturated rings. The molecule has 0 spiro atoms. The van der Waals surface area contributed by atoms with Gasteiger partial charge in [0.05, 0.1) is 12.7 Å². The Labute approximate surface area is 277 Å². The van der Waals surface area contributed by atoms with E-state index in [1.165, 1.54) is 31.0 Å². The molecule has 8 nitrogen and oxygen atoms in total. The molecule has 0 amide bonds. The number of aromatic hydroxyl groups is 1. The van der Waals surface area contributed by atoms with E-state index in [1.807, 2.05) is 7.11 Å². The topological polar surface area (TPSA) is 83.0 Å². The highest BCUT2D eigenvalue weighted by atomic mass is 19.2. The van der Waals surface area contributed by atoms with Gasteiger partial charge >= 0.3 is 6.01 Å². The Balaban J connectivity index is 1.08. The van der Waals surface area contributed by atoms with Gasteiger partial charge in [0.15, 0.2) is 17.5 Å². The summed E-state index contributed by atoms with van der Waals surface area (Å²) in [5.74, 6) is -2.41. The van der Waals surface area contributed by atoms with E-state index in [9.17, 15) is 9.50 Å². The first kappa shape index (κ1) is 30.4. The van der Waals surface area contributed by atoms with E-state index in [-0.39, 0.29) is 44.6 Å². The van der Waals surface area contributed by atoms with Crippen LogP contribution < -0.4 is 15.0 Å². The second kappa shape index (κ2) is 11.5. The summed E-state index contributed by atoms with van der Waals surface area (Å²) in [5, 5.41) is 14.8. The molecule has 2 N–H and O–H groups in total. The lowest BCUT2D eigenvalue weighted by atomic mass is 9.95. The zero-order valence-corrected chi connectivity index (χ0v) is 27.0. The number of piperazine rings is 1. The number of hydrogen-bond acceptors (Lipinski definition) is 8. The zero-order valence-electron chi connectivity index (χ0n) is 27.0. The van der Waals surface area contributed by atoms with Crippen LogP contribution in [0.15, 0.2) is 36.4 Å². The van der Waals surface area contributed by atoms with Crippen LogP contribution in [0.2, 0.25) is 0 Å². The molecular weight excluding hydrogens is 619 g/mol. The molecule has 4 saturated heterocycles. The van der Waals surface area contributed by atoms with Crippen molar-refractivity contribution >= 4 is 27.5 Å². The number of aromatic nitrogens is 2. The lowest BCUT2D eigenvalue weighted by Crippen LogP contribution is -2.51. The first-order valence-corrected chi connectivity index (χ1v) is 17.3. The monoisotopic (exact) mass is 659 g/mol. The van der Waals surface area contributed by atoms with Gasteiger partial charge in [-0.15, -0.1) is 0 Å². The molecule has 4 atom stereocenters. The van der Waals surface area contributed by atoms with E-state index in [1.54, 1.807) is 12.1 Å². The quantitative estimate of drug-likeness (QED) is 0.228. The van der Waals surface area contributed by atoms with Crippen molar-refractivity contribution in [1.29, 1.82) is 0 Å². The third kappa shape index (κ3) is 5.16. The lowest BCUT2D eigenvalue weighted by Gasteiger charge is -2.40. The first-order chi connectivity index (χ1) is 23.3. The fourth-order valence-corrected chi connectivity index (χ4v) is 9.01. The third-order valence-electron chi connectivity index (χ3n) is 11.7. The first-order valence-electron chi connectivity index (χ1n) is 17.3. The molecule has 48 heavy (non-hydrogen) atoms. The number of rotatable bonds is 8. The molecule has 9 rings (SSSR count). The van der Waals surface area contributed by atoms with Crippen molar-refractivity contribution in [3.8, 4) is 22.9 Å². The molecule has 5 aliphatic rings. The predicted molar refractivity (Wildman–Crippen MR) is 177 cm³/mol. The second-order valence-corrected chi connectivity index (χ2v) is 14.8. The Morgan fingerprint density at radius 2 is 1.67 bits per heavy atom. The Morgan fingerprint density at radius 1 is 0.917 bits per heavy atom. The number of phenolic OH excluding ortho intramolecular Hbond substituents is 1. The van der Waals surface area contributed by atoms with Crippen LogP contribution in [0.4, 0.5) is 19.0 Å². The van der Waals surface area contributed by atoms with E-state index in [0.717, 1.165) is 64.2 Å². The fraction of sp³-hybridized carbons (Fsp3) is 0.514. The Morgan fingerprint density at radius 3 is 2.38 bits per heavy atom. The summed E-state index contributed by atoms with van der Waals surface area (Å²) in [4.78, 5) is 14.4. The number of hydrogen-bond donors (Lipinski definition) is 2. The van der Waals surface area contributed by atoms with Gasteiger partial charge in [0.25, 0.3) is 0 Å². The van der Waals surface area contributed by atoms with E-state index in [4.69, 9.17) is 14.5 Å². The summed E-state index contributed by atoms with van der Waals surface area (Å²) in [6.07, 6.45) is 9.15. The third-order valence-corrected chi connectivity index (χ3v) is 11.7. The molecule has 4 bridgehead atoms. The molecule has 5 heterocycles. The van der Waals surface area contributed by atoms with Crippen LogP contribution in [0.1, 0.15) is 51.4 Å². The van der Waals surface area contributed by atoms with Gasteiger partial charge in [0.1, 0.15) is 17.1 Å². The van der Waals surface area contributed by atoms with Crippen molar-refractivity contribution in [2.75, 3.05) is 38.3 Å². The molecule has 1 aliphatic carbocycles. The summed E-state index contributed by atoms with van der Waals surface area (Å²) < 4.78 is 58.5. The van der Waals surface area contributed by atoms with Crippen LogP contribution in [0, 0.1) is 22.9 Å². The van der Waals surface area contributed by atoms with Crippen LogP contribution in [0.25, 0.3) is 32.8 Å². The molecule has 11 heteroatoms. The van der Waals surface area contributed by atoms with E-state index < -0.39 is 17.5 Å². The molecule has 0 radical (unpaired) electrons. The van der Waals surface area contributed by atoms with E-state index in [2.05, 4.69) is 20.1 Å². The predicted octanol–water partition coefficient (Wildman–Crippen LogP) is 6.31. The van der Waals surface area contributed by atoms with Crippen LogP contribution in [0.5, 0.6) is 11.8 Å². The number of anilines is 1. The van der Waals surface area contributed by atoms with Gasteiger partial charge in [-0.2, -0.15) is 9.97 Å². The average Bonchev–Trinajstić information content (AvgIpc) is 3.72. The number of piperidine rings is 1. The molecular formula is C37H40F3N5O3. The largest absolute Gasteiger partial charge is 0.508 e. The zero-order chi connectivity index (χ0) is 32.7. The van der Waals surface area contributed by atoms with Gasteiger partial charge in [-0.1, -0.05) is 12.1 Å². The number of nitrogens with zero attached hydrogens (tertiary/aromatic N) is 4. The van der Waals surface area contributed by atoms with Crippen molar-refractivity contribution in [2.45, 2.75) is 81.6 Å². The number of phenols is 1. The Hall–Kier alpha value is -3.67. The Bertz CT molecular complexity index is 1900. The number of nitrogens with one attached hydrogen (secondary N) is 1. The summed E-state index contributed by atoms with van der Waals surface area (Å²) in [5.41, 5.74) is 0.123. The van der Waals surface area contributed by atoms with E-state index >= 15 is 8.78 Å². The summed E-state index contributed by atoms with van der Waals surface area (Å²) >= 11 is 0. The van der Waals surface area contributed by atoms with Crippen molar-refractivity contribution in [3.63, 3.8) is 0 Å². The molecule has 4 aromatic rings. The van der Waals surface area contributed by atoms with E-state index in [0.29, 0.717) is 48.1 Å². The summed E-state index contributed by atoms with van der Waals surface area (Å²) in [6.45, 7) is 2.87. The number of ether oxygens (including phenoxy) is 2. The van der Waals surface area contributed by atoms with Crippen LogP contribution >= 0.6 is 0 Å². The molecule has 1 saturated carbocycles. The number of halogens is 3. The van der Waals surface area contributed by atoms with Gasteiger partial charge in [0, 0.05) is 72.7 Å². The van der Waals surface area contributed by atoms with Gasteiger partial charge < -0.3 is 24.8 Å². The van der Waals surface area contributed by atoms with Gasteiger partial charge in [-0.3, -0.25) is 4.90 Å². The summed E-state index contributed by atoms with van der Waals surface area (Å²) in [6, 6.07) is 10.1.